The van der Waals surface area contributed by atoms with Crippen LogP contribution in [0.3, 0.4) is 0 Å². The maximum absolute atomic E-state index is 11.6. The van der Waals surface area contributed by atoms with Crippen molar-refractivity contribution in [2.24, 2.45) is 0 Å². The minimum atomic E-state index is -0.769. The molecule has 7 heteroatoms. The van der Waals surface area contributed by atoms with Crippen LogP contribution < -0.4 is 14.8 Å². The van der Waals surface area contributed by atoms with Gasteiger partial charge in [0.1, 0.15) is 24.2 Å². The quantitative estimate of drug-likeness (QED) is 0.776. The van der Waals surface area contributed by atoms with Crippen LogP contribution >= 0.6 is 11.8 Å². The van der Waals surface area contributed by atoms with Crippen molar-refractivity contribution >= 4 is 22.9 Å². The molecule has 6 nitrogen and oxygen atoms in total. The Kier molecular flexibility index (Phi) is 5.80. The summed E-state index contributed by atoms with van der Waals surface area (Å²) in [6.07, 6.45) is -0.288. The van der Waals surface area contributed by atoms with E-state index in [2.05, 4.69) is 5.32 Å². The minimum absolute atomic E-state index is 0.113. The summed E-state index contributed by atoms with van der Waals surface area (Å²) in [4.78, 5) is 22.8. The third kappa shape index (κ3) is 4.56. The van der Waals surface area contributed by atoms with E-state index >= 15 is 0 Å². The molecular formula is C19H19NO5S. The van der Waals surface area contributed by atoms with Gasteiger partial charge in [-0.15, -0.1) is 0 Å². The lowest BCUT2D eigenvalue weighted by Crippen LogP contribution is -2.25. The summed E-state index contributed by atoms with van der Waals surface area (Å²) < 4.78 is 10.8. The fraction of sp³-hybridized carbons (Fsp3) is 0.263. The highest BCUT2D eigenvalue weighted by Gasteiger charge is 2.31. The zero-order valence-electron chi connectivity index (χ0n) is 14.2. The third-order valence-corrected chi connectivity index (χ3v) is 4.98. The number of hydrogen-bond acceptors (Lipinski definition) is 6. The molecule has 0 aliphatic carbocycles. The molecule has 0 aromatic heterocycles. The molecule has 1 aliphatic rings. The highest BCUT2D eigenvalue weighted by molar-refractivity contribution is 8.15. The monoisotopic (exact) mass is 373 g/mol. The number of methoxy groups -OCH3 is 1. The topological polar surface area (TPSA) is 84.9 Å². The first-order valence-electron chi connectivity index (χ1n) is 8.10. The normalized spacial score (nSPS) is 17.7. The van der Waals surface area contributed by atoms with Crippen molar-refractivity contribution in [3.05, 3.63) is 59.7 Å². The van der Waals surface area contributed by atoms with E-state index < -0.39 is 6.10 Å². The molecule has 3 rings (SSSR count). The Morgan fingerprint density at radius 3 is 2.58 bits per heavy atom. The number of imide groups is 1. The van der Waals surface area contributed by atoms with Crippen LogP contribution in [-0.2, 0) is 11.2 Å². The fourth-order valence-corrected chi connectivity index (χ4v) is 3.44. The summed E-state index contributed by atoms with van der Waals surface area (Å²) in [6.45, 7) is 0.113. The summed E-state index contributed by atoms with van der Waals surface area (Å²) in [5.74, 6) is 1.05. The van der Waals surface area contributed by atoms with Gasteiger partial charge < -0.3 is 14.6 Å². The molecule has 2 aromatic carbocycles. The van der Waals surface area contributed by atoms with Gasteiger partial charge in [0.25, 0.3) is 5.24 Å². The zero-order valence-corrected chi connectivity index (χ0v) is 15.0. The van der Waals surface area contributed by atoms with Gasteiger partial charge in [-0.05, 0) is 41.8 Å². The molecule has 0 radical (unpaired) electrons. The molecule has 0 saturated carbocycles. The molecule has 1 aliphatic heterocycles. The van der Waals surface area contributed by atoms with Gasteiger partial charge in [0.05, 0.1) is 12.4 Å². The van der Waals surface area contributed by atoms with Gasteiger partial charge in [-0.25, -0.2) is 0 Å². The Hall–Kier alpha value is -2.51. The van der Waals surface area contributed by atoms with Gasteiger partial charge in [-0.3, -0.25) is 14.9 Å². The molecule has 1 fully saturated rings. The molecule has 1 saturated heterocycles. The number of hydrogen-bond donors (Lipinski definition) is 2. The second-order valence-corrected chi connectivity index (χ2v) is 7.01. The lowest BCUT2D eigenvalue weighted by Gasteiger charge is -2.14. The van der Waals surface area contributed by atoms with Gasteiger partial charge >= 0.3 is 0 Å². The van der Waals surface area contributed by atoms with Crippen LogP contribution in [0.5, 0.6) is 11.5 Å². The molecule has 1 heterocycles. The summed E-state index contributed by atoms with van der Waals surface area (Å²) in [6, 6.07) is 14.5. The van der Waals surface area contributed by atoms with E-state index in [0.29, 0.717) is 17.9 Å². The van der Waals surface area contributed by atoms with Crippen LogP contribution in [0, 0.1) is 0 Å². The Bertz CT molecular complexity index is 793. The number of amides is 2. The van der Waals surface area contributed by atoms with Gasteiger partial charge in [0, 0.05) is 0 Å². The average molecular weight is 373 g/mol. The number of carbonyl (C=O) groups is 2. The van der Waals surface area contributed by atoms with Crippen molar-refractivity contribution in [1.29, 1.82) is 0 Å². The summed E-state index contributed by atoms with van der Waals surface area (Å²) in [5, 5.41) is 11.8. The largest absolute Gasteiger partial charge is 0.497 e. The number of rotatable bonds is 7. The molecule has 2 amide bonds. The van der Waals surface area contributed by atoms with E-state index in [9.17, 15) is 14.7 Å². The standard InChI is InChI=1S/C19H19NO5S/c1-24-15-4-2-3-13(10-15)16(21)11-25-14-7-5-12(6-8-14)9-17-18(22)20-19(23)26-17/h2-8,10,16-17,21H,9,11H2,1H3,(H,20,22,23)/t16-,17+/m1/s1. The van der Waals surface area contributed by atoms with Crippen molar-refractivity contribution < 1.29 is 24.2 Å². The Morgan fingerprint density at radius 1 is 1.15 bits per heavy atom. The second-order valence-electron chi connectivity index (χ2n) is 5.83. The third-order valence-electron chi connectivity index (χ3n) is 4.00. The average Bonchev–Trinajstić information content (AvgIpc) is 2.97. The van der Waals surface area contributed by atoms with Crippen LogP contribution in [-0.4, -0.2) is 35.2 Å². The number of aliphatic hydroxyl groups excluding tert-OH is 1. The van der Waals surface area contributed by atoms with Crippen LogP contribution in [0.15, 0.2) is 48.5 Å². The van der Waals surface area contributed by atoms with Crippen LogP contribution in [0.1, 0.15) is 17.2 Å². The predicted molar refractivity (Wildman–Crippen MR) is 98.5 cm³/mol. The Balaban J connectivity index is 1.54. The number of nitrogens with one attached hydrogen (secondary N) is 1. The SMILES string of the molecule is COc1cccc([C@H](O)COc2ccc(C[C@@H]3SC(=O)NC3=O)cc2)c1. The Labute approximate surface area is 155 Å². The number of carbonyl (C=O) groups excluding carboxylic acids is 2. The summed E-state index contributed by atoms with van der Waals surface area (Å²) in [7, 11) is 1.58. The van der Waals surface area contributed by atoms with Gasteiger partial charge in [0.2, 0.25) is 5.91 Å². The predicted octanol–water partition coefficient (Wildman–Crippen LogP) is 2.70. The number of benzene rings is 2. The smallest absolute Gasteiger partial charge is 0.286 e. The van der Waals surface area contributed by atoms with E-state index in [1.54, 1.807) is 25.3 Å². The molecule has 2 N–H and O–H groups in total. The van der Waals surface area contributed by atoms with Crippen LogP contribution in [0.2, 0.25) is 0 Å². The molecule has 0 bridgehead atoms. The molecule has 26 heavy (non-hydrogen) atoms. The van der Waals surface area contributed by atoms with E-state index in [-0.39, 0.29) is 23.0 Å². The van der Waals surface area contributed by atoms with Crippen molar-refractivity contribution in [2.75, 3.05) is 13.7 Å². The molecule has 2 atom stereocenters. The minimum Gasteiger partial charge on any atom is -0.497 e. The van der Waals surface area contributed by atoms with Gasteiger partial charge in [-0.1, -0.05) is 36.0 Å². The first-order chi connectivity index (χ1) is 12.5. The number of thioether (sulfide) groups is 1. The number of aliphatic hydroxyl groups is 1. The van der Waals surface area contributed by atoms with E-state index in [0.717, 1.165) is 22.9 Å². The van der Waals surface area contributed by atoms with Crippen LogP contribution in [0.4, 0.5) is 4.79 Å². The van der Waals surface area contributed by atoms with Crippen LogP contribution in [0.25, 0.3) is 0 Å². The molecule has 0 unspecified atom stereocenters. The van der Waals surface area contributed by atoms with E-state index in [4.69, 9.17) is 9.47 Å². The molecule has 136 valence electrons. The maximum Gasteiger partial charge on any atom is 0.286 e. The molecular weight excluding hydrogens is 354 g/mol. The zero-order chi connectivity index (χ0) is 18.5. The molecule has 0 spiro atoms. The second kappa shape index (κ2) is 8.25. The van der Waals surface area contributed by atoms with Crippen molar-refractivity contribution in [2.45, 2.75) is 17.8 Å². The Morgan fingerprint density at radius 2 is 1.92 bits per heavy atom. The van der Waals surface area contributed by atoms with Crippen molar-refractivity contribution in [1.82, 2.24) is 5.32 Å². The van der Waals surface area contributed by atoms with Gasteiger partial charge in [0.15, 0.2) is 0 Å². The highest BCUT2D eigenvalue weighted by Crippen LogP contribution is 2.24. The van der Waals surface area contributed by atoms with Gasteiger partial charge in [-0.2, -0.15) is 0 Å². The first kappa shape index (κ1) is 18.3. The lowest BCUT2D eigenvalue weighted by atomic mass is 10.1. The van der Waals surface area contributed by atoms with E-state index in [1.807, 2.05) is 30.3 Å². The van der Waals surface area contributed by atoms with Crippen molar-refractivity contribution in [3.8, 4) is 11.5 Å². The summed E-state index contributed by atoms with van der Waals surface area (Å²) >= 11 is 1.01. The fourth-order valence-electron chi connectivity index (χ4n) is 2.58. The van der Waals surface area contributed by atoms with E-state index in [1.165, 1.54) is 0 Å². The maximum atomic E-state index is 11.6. The molecule has 2 aromatic rings. The lowest BCUT2D eigenvalue weighted by molar-refractivity contribution is -0.118. The highest BCUT2D eigenvalue weighted by atomic mass is 32.2. The summed E-state index contributed by atoms with van der Waals surface area (Å²) in [5.41, 5.74) is 1.66. The number of ether oxygens (including phenoxy) is 2. The first-order valence-corrected chi connectivity index (χ1v) is 8.98. The van der Waals surface area contributed by atoms with Crippen molar-refractivity contribution in [3.63, 3.8) is 0 Å².